The van der Waals surface area contributed by atoms with Gasteiger partial charge in [0.1, 0.15) is 11.5 Å². The molecule has 1 heterocycles. The van der Waals surface area contributed by atoms with E-state index in [9.17, 15) is 10.1 Å². The first-order valence-electron chi connectivity index (χ1n) is 9.23. The fourth-order valence-electron chi connectivity index (χ4n) is 2.47. The van der Waals surface area contributed by atoms with Crippen LogP contribution in [0.3, 0.4) is 0 Å². The van der Waals surface area contributed by atoms with E-state index in [0.29, 0.717) is 12.4 Å². The van der Waals surface area contributed by atoms with Gasteiger partial charge in [-0.3, -0.25) is 0 Å². The highest BCUT2D eigenvalue weighted by Crippen LogP contribution is 2.29. The van der Waals surface area contributed by atoms with Crippen LogP contribution in [0.4, 0.5) is 0 Å². The fourth-order valence-corrected chi connectivity index (χ4v) is 2.47. The Kier molecular flexibility index (Phi) is 7.89. The van der Waals surface area contributed by atoms with E-state index >= 15 is 0 Å². The highest BCUT2D eigenvalue weighted by atomic mass is 16.7. The van der Waals surface area contributed by atoms with Crippen molar-refractivity contribution >= 4 is 5.97 Å². The smallest absolute Gasteiger partial charge is 0.336 e. The van der Waals surface area contributed by atoms with Gasteiger partial charge in [0, 0.05) is 0 Å². The third-order valence-electron chi connectivity index (χ3n) is 4.23. The first kappa shape index (κ1) is 20.2. The molecule has 0 aromatic heterocycles. The van der Waals surface area contributed by atoms with Crippen LogP contribution < -0.4 is 9.47 Å². The van der Waals surface area contributed by atoms with E-state index in [1.165, 1.54) is 0 Å². The van der Waals surface area contributed by atoms with Crippen molar-refractivity contribution in [3.8, 4) is 17.6 Å². The second-order valence-electron chi connectivity index (χ2n) is 6.45. The lowest BCUT2D eigenvalue weighted by atomic mass is 9.91. The number of carbonyl (C=O) groups is 1. The number of carbonyl (C=O) groups excluding carboxylic acids is 1. The van der Waals surface area contributed by atoms with Crippen LogP contribution in [0.15, 0.2) is 24.3 Å². The summed E-state index contributed by atoms with van der Waals surface area (Å²) in [6, 6.07) is 8.80. The van der Waals surface area contributed by atoms with Gasteiger partial charge in [-0.2, -0.15) is 5.26 Å². The van der Waals surface area contributed by atoms with Crippen LogP contribution in [0.5, 0.6) is 11.5 Å². The number of hydrogen-bond donors (Lipinski definition) is 0. The van der Waals surface area contributed by atoms with E-state index in [1.807, 2.05) is 6.07 Å². The van der Waals surface area contributed by atoms with Gasteiger partial charge < -0.3 is 18.9 Å². The second kappa shape index (κ2) is 10.1. The molecular weight excluding hydrogens is 334 g/mol. The lowest BCUT2D eigenvalue weighted by Crippen LogP contribution is -2.48. The van der Waals surface area contributed by atoms with Gasteiger partial charge in [0.25, 0.3) is 0 Å². The predicted molar refractivity (Wildman–Crippen MR) is 95.7 cm³/mol. The summed E-state index contributed by atoms with van der Waals surface area (Å²) < 4.78 is 22.1. The van der Waals surface area contributed by atoms with Crippen LogP contribution in [0.2, 0.25) is 0 Å². The van der Waals surface area contributed by atoms with E-state index in [-0.39, 0.29) is 19.5 Å². The Morgan fingerprint density at radius 3 is 2.35 bits per heavy atom. The summed E-state index contributed by atoms with van der Waals surface area (Å²) in [6.45, 7) is 4.80. The molecule has 1 aromatic rings. The van der Waals surface area contributed by atoms with Crippen molar-refractivity contribution < 1.29 is 23.7 Å². The molecule has 0 N–H and O–H groups in total. The standard InChI is InChI=1S/C20H27NO5/c1-3-5-7-18-24-14-20(13-21,15-25-18)19(22)26-17-10-8-16(9-11-17)23-12-6-4-2/h8-11,18H,3-7,12,14-15H2,1-2H3/t18-,20+. The quantitative estimate of drug-likeness (QED) is 0.378. The summed E-state index contributed by atoms with van der Waals surface area (Å²) in [6.07, 6.45) is 4.46. The number of hydrogen-bond acceptors (Lipinski definition) is 6. The number of benzene rings is 1. The molecule has 6 heteroatoms. The Bertz CT molecular complexity index is 600. The van der Waals surface area contributed by atoms with E-state index in [0.717, 1.165) is 37.9 Å². The molecule has 1 aliphatic rings. The van der Waals surface area contributed by atoms with Gasteiger partial charge in [0.2, 0.25) is 5.41 Å². The molecule has 26 heavy (non-hydrogen) atoms. The minimum atomic E-state index is -1.43. The molecule has 1 saturated heterocycles. The minimum absolute atomic E-state index is 0.0189. The van der Waals surface area contributed by atoms with Crippen molar-refractivity contribution in [2.45, 2.75) is 52.2 Å². The Morgan fingerprint density at radius 2 is 1.77 bits per heavy atom. The maximum Gasteiger partial charge on any atom is 0.336 e. The van der Waals surface area contributed by atoms with Gasteiger partial charge >= 0.3 is 5.97 Å². The SMILES string of the molecule is CCCCOc1ccc(OC(=O)[C@]2(C#N)CO[C@H](CCCC)OC2)cc1. The molecule has 0 aliphatic carbocycles. The zero-order valence-corrected chi connectivity index (χ0v) is 15.5. The van der Waals surface area contributed by atoms with Crippen molar-refractivity contribution in [3.05, 3.63) is 24.3 Å². The van der Waals surface area contributed by atoms with Crippen molar-refractivity contribution in [2.75, 3.05) is 19.8 Å². The van der Waals surface area contributed by atoms with Gasteiger partial charge in [-0.1, -0.05) is 26.7 Å². The predicted octanol–water partition coefficient (Wildman–Crippen LogP) is 3.84. The van der Waals surface area contributed by atoms with Gasteiger partial charge in [0.15, 0.2) is 6.29 Å². The average Bonchev–Trinajstić information content (AvgIpc) is 2.68. The van der Waals surface area contributed by atoms with E-state index < -0.39 is 11.4 Å². The van der Waals surface area contributed by atoms with Gasteiger partial charge in [0.05, 0.1) is 25.9 Å². The summed E-state index contributed by atoms with van der Waals surface area (Å²) in [5.41, 5.74) is -1.43. The van der Waals surface area contributed by atoms with Crippen LogP contribution in [-0.4, -0.2) is 32.1 Å². The minimum Gasteiger partial charge on any atom is -0.494 e. The van der Waals surface area contributed by atoms with Gasteiger partial charge in [-0.15, -0.1) is 0 Å². The highest BCUT2D eigenvalue weighted by Gasteiger charge is 2.46. The number of esters is 1. The number of ether oxygens (including phenoxy) is 4. The molecule has 0 amide bonds. The van der Waals surface area contributed by atoms with Crippen LogP contribution in [0, 0.1) is 16.7 Å². The highest BCUT2D eigenvalue weighted by molar-refractivity contribution is 5.82. The van der Waals surface area contributed by atoms with Crippen LogP contribution >= 0.6 is 0 Å². The monoisotopic (exact) mass is 361 g/mol. The Labute approximate surface area is 155 Å². The molecule has 0 saturated carbocycles. The number of rotatable bonds is 9. The van der Waals surface area contributed by atoms with E-state index in [1.54, 1.807) is 24.3 Å². The average molecular weight is 361 g/mol. The molecule has 1 aromatic carbocycles. The molecule has 6 nitrogen and oxygen atoms in total. The Morgan fingerprint density at radius 1 is 1.15 bits per heavy atom. The molecule has 0 atom stereocenters. The van der Waals surface area contributed by atoms with Gasteiger partial charge in [-0.25, -0.2) is 4.79 Å². The fraction of sp³-hybridized carbons (Fsp3) is 0.600. The molecule has 1 aliphatic heterocycles. The summed E-state index contributed by atoms with van der Waals surface area (Å²) in [5.74, 6) is 0.422. The van der Waals surface area contributed by atoms with E-state index in [4.69, 9.17) is 18.9 Å². The van der Waals surface area contributed by atoms with Crippen LogP contribution in [-0.2, 0) is 14.3 Å². The lowest BCUT2D eigenvalue weighted by molar-refractivity contribution is -0.223. The van der Waals surface area contributed by atoms with Crippen molar-refractivity contribution in [1.82, 2.24) is 0 Å². The maximum absolute atomic E-state index is 12.5. The Balaban J connectivity index is 1.90. The number of unbranched alkanes of at least 4 members (excludes halogenated alkanes) is 2. The Hall–Kier alpha value is -2.10. The molecule has 0 radical (unpaired) electrons. The number of nitriles is 1. The number of nitrogens with zero attached hydrogens (tertiary/aromatic N) is 1. The first-order chi connectivity index (χ1) is 12.6. The second-order valence-corrected chi connectivity index (χ2v) is 6.45. The molecule has 1 fully saturated rings. The molecular formula is C20H27NO5. The summed E-state index contributed by atoms with van der Waals surface area (Å²) in [5, 5.41) is 9.49. The normalized spacial score (nSPS) is 22.4. The summed E-state index contributed by atoms with van der Waals surface area (Å²) in [7, 11) is 0. The molecule has 0 bridgehead atoms. The van der Waals surface area contributed by atoms with Crippen molar-refractivity contribution in [3.63, 3.8) is 0 Å². The van der Waals surface area contributed by atoms with Gasteiger partial charge in [-0.05, 0) is 43.5 Å². The summed E-state index contributed by atoms with van der Waals surface area (Å²) >= 11 is 0. The van der Waals surface area contributed by atoms with Crippen molar-refractivity contribution in [1.29, 1.82) is 5.26 Å². The zero-order valence-electron chi connectivity index (χ0n) is 15.5. The summed E-state index contributed by atoms with van der Waals surface area (Å²) in [4.78, 5) is 12.5. The van der Waals surface area contributed by atoms with Crippen LogP contribution in [0.1, 0.15) is 46.0 Å². The topological polar surface area (TPSA) is 77.8 Å². The molecule has 0 spiro atoms. The van der Waals surface area contributed by atoms with Crippen LogP contribution in [0.25, 0.3) is 0 Å². The third-order valence-corrected chi connectivity index (χ3v) is 4.23. The van der Waals surface area contributed by atoms with Crippen molar-refractivity contribution in [2.24, 2.45) is 5.41 Å². The zero-order chi connectivity index (χ0) is 18.8. The molecule has 142 valence electrons. The largest absolute Gasteiger partial charge is 0.494 e. The third kappa shape index (κ3) is 5.45. The van der Waals surface area contributed by atoms with E-state index in [2.05, 4.69) is 13.8 Å². The lowest BCUT2D eigenvalue weighted by Gasteiger charge is -2.33. The maximum atomic E-state index is 12.5. The molecule has 2 rings (SSSR count). The molecule has 0 unspecified atom stereocenters. The first-order valence-corrected chi connectivity index (χ1v) is 9.23.